The van der Waals surface area contributed by atoms with Crippen molar-refractivity contribution in [1.82, 2.24) is 20.5 Å². The maximum atomic E-state index is 12.7. The number of ether oxygens (including phenoxy) is 1. The van der Waals surface area contributed by atoms with E-state index in [1.807, 2.05) is 30.3 Å². The summed E-state index contributed by atoms with van der Waals surface area (Å²) in [5.41, 5.74) is 0.467. The van der Waals surface area contributed by atoms with Gasteiger partial charge in [-0.15, -0.1) is 0 Å². The highest BCUT2D eigenvalue weighted by atomic mass is 16.5. The number of nitrogens with one attached hydrogen (secondary N) is 3. The van der Waals surface area contributed by atoms with Crippen molar-refractivity contribution in [3.63, 3.8) is 0 Å². The Kier molecular flexibility index (Phi) is 5.22. The number of H-pyrrole nitrogens is 1. The van der Waals surface area contributed by atoms with Gasteiger partial charge in [0, 0.05) is 25.4 Å². The summed E-state index contributed by atoms with van der Waals surface area (Å²) in [6.45, 7) is 4.99. The first-order valence-corrected chi connectivity index (χ1v) is 11.0. The lowest BCUT2D eigenvalue weighted by Gasteiger charge is -2.32. The summed E-state index contributed by atoms with van der Waals surface area (Å²) in [4.78, 5) is 19.4. The van der Waals surface area contributed by atoms with Gasteiger partial charge in [0.2, 0.25) is 0 Å². The minimum Gasteiger partial charge on any atom is -0.388 e. The van der Waals surface area contributed by atoms with E-state index in [2.05, 4.69) is 30.7 Å². The molecule has 2 aromatic heterocycles. The highest BCUT2D eigenvalue weighted by Crippen LogP contribution is 2.32. The quantitative estimate of drug-likeness (QED) is 0.489. The van der Waals surface area contributed by atoms with Gasteiger partial charge in [-0.2, -0.15) is 5.10 Å². The number of benzene rings is 1. The molecule has 168 valence electrons. The number of amides is 2. The second kappa shape index (κ2) is 8.07. The Bertz CT molecular complexity index is 1100. The number of aromatic amines is 1. The van der Waals surface area contributed by atoms with Gasteiger partial charge in [-0.3, -0.25) is 10.4 Å². The van der Waals surface area contributed by atoms with Crippen LogP contribution in [0.15, 0.2) is 42.6 Å². The van der Waals surface area contributed by atoms with E-state index in [9.17, 15) is 9.90 Å². The summed E-state index contributed by atoms with van der Waals surface area (Å²) in [6, 6.07) is 10.1. The molecule has 3 atom stereocenters. The minimum absolute atomic E-state index is 0.270. The lowest BCUT2D eigenvalue weighted by molar-refractivity contribution is 0.0303. The first-order chi connectivity index (χ1) is 15.4. The summed E-state index contributed by atoms with van der Waals surface area (Å²) in [5.74, 6) is 1.27. The number of hydrogen-bond donors (Lipinski definition) is 4. The van der Waals surface area contributed by atoms with Crippen LogP contribution < -0.4 is 15.5 Å². The van der Waals surface area contributed by atoms with Crippen molar-refractivity contribution in [3.8, 4) is 0 Å². The molecule has 2 bridgehead atoms. The van der Waals surface area contributed by atoms with Crippen LogP contribution >= 0.6 is 0 Å². The molecule has 32 heavy (non-hydrogen) atoms. The number of pyridine rings is 1. The number of nitrogens with zero attached hydrogens (tertiary/aromatic N) is 3. The lowest BCUT2D eigenvalue weighted by atomic mass is 9.92. The number of urea groups is 1. The van der Waals surface area contributed by atoms with Crippen molar-refractivity contribution in [2.24, 2.45) is 0 Å². The number of hydrogen-bond acceptors (Lipinski definition) is 6. The molecular formula is C23H28N6O3. The number of anilines is 2. The van der Waals surface area contributed by atoms with E-state index in [0.29, 0.717) is 5.82 Å². The molecule has 2 fully saturated rings. The van der Waals surface area contributed by atoms with Crippen LogP contribution in [0.2, 0.25) is 0 Å². The Hall–Kier alpha value is -3.17. The van der Waals surface area contributed by atoms with Gasteiger partial charge < -0.3 is 20.1 Å². The SMILES string of the molecule is CC(C)(O)[C@@H](NC(=O)Nc1cc2[nH]nc(N3CC4CCC(C3)O4)c2cn1)c1ccccc1. The fourth-order valence-corrected chi connectivity index (χ4v) is 4.59. The Morgan fingerprint density at radius 2 is 1.97 bits per heavy atom. The van der Waals surface area contributed by atoms with Crippen LogP contribution in [0.1, 0.15) is 38.3 Å². The van der Waals surface area contributed by atoms with Crippen LogP contribution in [0.4, 0.5) is 16.4 Å². The zero-order valence-corrected chi connectivity index (χ0v) is 18.2. The predicted octanol–water partition coefficient (Wildman–Crippen LogP) is 2.96. The molecule has 4 heterocycles. The molecule has 4 N–H and O–H groups in total. The fraction of sp³-hybridized carbons (Fsp3) is 0.435. The molecule has 2 unspecified atom stereocenters. The third-order valence-electron chi connectivity index (χ3n) is 6.13. The highest BCUT2D eigenvalue weighted by Gasteiger charge is 2.35. The van der Waals surface area contributed by atoms with Crippen molar-refractivity contribution in [1.29, 1.82) is 0 Å². The fourth-order valence-electron chi connectivity index (χ4n) is 4.59. The number of aromatic nitrogens is 3. The van der Waals surface area contributed by atoms with Gasteiger partial charge in [0.05, 0.1) is 34.8 Å². The molecule has 9 nitrogen and oxygen atoms in total. The van der Waals surface area contributed by atoms with Gasteiger partial charge in [0.25, 0.3) is 0 Å². The first kappa shape index (κ1) is 20.7. The van der Waals surface area contributed by atoms with Gasteiger partial charge in [0.1, 0.15) is 5.82 Å². The van der Waals surface area contributed by atoms with Crippen LogP contribution in [0.3, 0.4) is 0 Å². The normalized spacial score (nSPS) is 21.5. The zero-order valence-electron chi connectivity index (χ0n) is 18.2. The maximum absolute atomic E-state index is 12.7. The lowest BCUT2D eigenvalue weighted by Crippen LogP contribution is -2.43. The Morgan fingerprint density at radius 1 is 1.25 bits per heavy atom. The maximum Gasteiger partial charge on any atom is 0.320 e. The predicted molar refractivity (Wildman–Crippen MR) is 122 cm³/mol. The number of aliphatic hydroxyl groups is 1. The molecule has 0 radical (unpaired) electrons. The summed E-state index contributed by atoms with van der Waals surface area (Å²) >= 11 is 0. The molecule has 0 saturated carbocycles. The van der Waals surface area contributed by atoms with Gasteiger partial charge in [-0.25, -0.2) is 9.78 Å². The van der Waals surface area contributed by atoms with E-state index in [1.54, 1.807) is 26.1 Å². The number of carbonyl (C=O) groups is 1. The van der Waals surface area contributed by atoms with Crippen LogP contribution in [0.5, 0.6) is 0 Å². The number of morpholine rings is 1. The Labute approximate surface area is 186 Å². The molecule has 2 aliphatic heterocycles. The zero-order chi connectivity index (χ0) is 22.3. The monoisotopic (exact) mass is 436 g/mol. The molecular weight excluding hydrogens is 408 g/mol. The molecule has 2 amide bonds. The van der Waals surface area contributed by atoms with E-state index in [1.165, 1.54) is 0 Å². The van der Waals surface area contributed by atoms with Crippen LogP contribution in [0, 0.1) is 0 Å². The smallest absolute Gasteiger partial charge is 0.320 e. The number of carbonyl (C=O) groups excluding carboxylic acids is 1. The highest BCUT2D eigenvalue weighted by molar-refractivity contribution is 5.94. The molecule has 0 aliphatic carbocycles. The molecule has 2 saturated heterocycles. The van der Waals surface area contributed by atoms with E-state index in [0.717, 1.165) is 48.2 Å². The molecule has 0 spiro atoms. The molecule has 1 aromatic carbocycles. The third-order valence-corrected chi connectivity index (χ3v) is 6.13. The van der Waals surface area contributed by atoms with E-state index < -0.39 is 17.7 Å². The Balaban J connectivity index is 1.30. The number of rotatable bonds is 5. The minimum atomic E-state index is -1.15. The van der Waals surface area contributed by atoms with Crippen molar-refractivity contribution < 1.29 is 14.6 Å². The van der Waals surface area contributed by atoms with E-state index >= 15 is 0 Å². The Morgan fingerprint density at radius 3 is 2.66 bits per heavy atom. The average Bonchev–Trinajstić information content (AvgIpc) is 3.34. The molecule has 2 aliphatic rings. The third kappa shape index (κ3) is 4.13. The van der Waals surface area contributed by atoms with Gasteiger partial charge in [0.15, 0.2) is 5.82 Å². The van der Waals surface area contributed by atoms with Gasteiger partial charge >= 0.3 is 6.03 Å². The topological polar surface area (TPSA) is 115 Å². The molecule has 3 aromatic rings. The second-order valence-corrected chi connectivity index (χ2v) is 9.12. The second-order valence-electron chi connectivity index (χ2n) is 9.12. The van der Waals surface area contributed by atoms with Crippen LogP contribution in [-0.2, 0) is 4.74 Å². The number of fused-ring (bicyclic) bond motifs is 3. The van der Waals surface area contributed by atoms with Crippen molar-refractivity contribution >= 4 is 28.6 Å². The van der Waals surface area contributed by atoms with Gasteiger partial charge in [-0.1, -0.05) is 30.3 Å². The largest absolute Gasteiger partial charge is 0.388 e. The van der Waals surface area contributed by atoms with Crippen molar-refractivity contribution in [2.45, 2.75) is 50.5 Å². The van der Waals surface area contributed by atoms with Crippen molar-refractivity contribution in [2.75, 3.05) is 23.3 Å². The first-order valence-electron chi connectivity index (χ1n) is 11.0. The van der Waals surface area contributed by atoms with Crippen molar-refractivity contribution in [3.05, 3.63) is 48.2 Å². The summed E-state index contributed by atoms with van der Waals surface area (Å²) in [6.07, 6.45) is 4.46. The van der Waals surface area contributed by atoms with Crippen LogP contribution in [-0.4, -0.2) is 57.2 Å². The molecule has 5 rings (SSSR count). The molecule has 9 heteroatoms. The summed E-state index contributed by atoms with van der Waals surface area (Å²) in [5, 5.41) is 24.7. The van der Waals surface area contributed by atoms with Crippen LogP contribution in [0.25, 0.3) is 10.9 Å². The standard InChI is InChI=1S/C23H28N6O3/c1-23(2,31)20(14-6-4-3-5-7-14)26-22(30)25-19-10-18-17(11-24-19)21(28-27-18)29-12-15-8-9-16(13-29)32-15/h3-7,10-11,15-16,20,31H,8-9,12-13H2,1-2H3,(H,27,28)(H2,24,25,26,30)/t15?,16?,20-/m0/s1. The van der Waals surface area contributed by atoms with Gasteiger partial charge in [-0.05, 0) is 32.3 Å². The summed E-state index contributed by atoms with van der Waals surface area (Å²) in [7, 11) is 0. The summed E-state index contributed by atoms with van der Waals surface area (Å²) < 4.78 is 5.92. The average molecular weight is 437 g/mol. The van der Waals surface area contributed by atoms with E-state index in [-0.39, 0.29) is 12.2 Å². The van der Waals surface area contributed by atoms with E-state index in [4.69, 9.17) is 4.74 Å².